The summed E-state index contributed by atoms with van der Waals surface area (Å²) in [6.07, 6.45) is 2.65. The summed E-state index contributed by atoms with van der Waals surface area (Å²) in [6, 6.07) is 0. The zero-order valence-electron chi connectivity index (χ0n) is 15.7. The van der Waals surface area contributed by atoms with Crippen molar-refractivity contribution in [2.24, 2.45) is 0 Å². The maximum absolute atomic E-state index is 12.2. The first-order chi connectivity index (χ1) is 12.5. The van der Waals surface area contributed by atoms with Crippen LogP contribution >= 0.6 is 0 Å². The number of nitrogens with one attached hydrogen (secondary N) is 1. The number of piperidine rings is 1. The third-order valence-electron chi connectivity index (χ3n) is 5.17. The number of methoxy groups -OCH3 is 1. The molecule has 1 aromatic heterocycles. The van der Waals surface area contributed by atoms with Gasteiger partial charge in [-0.3, -0.25) is 9.59 Å². The molecule has 0 unspecified atom stereocenters. The van der Waals surface area contributed by atoms with Crippen molar-refractivity contribution in [2.75, 3.05) is 45.7 Å². The highest BCUT2D eigenvalue weighted by Crippen LogP contribution is 2.29. The summed E-state index contributed by atoms with van der Waals surface area (Å²) in [4.78, 5) is 37.1. The van der Waals surface area contributed by atoms with E-state index in [0.29, 0.717) is 19.6 Å². The normalized spacial score (nSPS) is 19.9. The van der Waals surface area contributed by atoms with Crippen LogP contribution in [0, 0.1) is 0 Å². The molecule has 1 saturated heterocycles. The van der Waals surface area contributed by atoms with Gasteiger partial charge in [-0.25, -0.2) is 9.97 Å². The molecule has 0 spiro atoms. The minimum absolute atomic E-state index is 0.0234. The molecule has 2 aliphatic heterocycles. The summed E-state index contributed by atoms with van der Waals surface area (Å²) in [5.41, 5.74) is 1.98. The third-order valence-corrected chi connectivity index (χ3v) is 5.17. The highest BCUT2D eigenvalue weighted by Gasteiger charge is 2.29. The van der Waals surface area contributed by atoms with Crippen LogP contribution in [0.15, 0.2) is 0 Å². The van der Waals surface area contributed by atoms with Gasteiger partial charge in [0.2, 0.25) is 11.8 Å². The van der Waals surface area contributed by atoms with Crippen molar-refractivity contribution in [1.29, 1.82) is 0 Å². The fourth-order valence-electron chi connectivity index (χ4n) is 3.74. The minimum Gasteiger partial charge on any atom is -0.375 e. The average molecular weight is 361 g/mol. The second kappa shape index (κ2) is 7.99. The van der Waals surface area contributed by atoms with Gasteiger partial charge in [0.25, 0.3) is 0 Å². The largest absolute Gasteiger partial charge is 0.375 e. The number of amides is 2. The van der Waals surface area contributed by atoms with Crippen molar-refractivity contribution in [3.05, 3.63) is 17.1 Å². The predicted octanol–water partition coefficient (Wildman–Crippen LogP) is 0.775. The van der Waals surface area contributed by atoms with Crippen LogP contribution in [0.5, 0.6) is 0 Å². The number of aromatic nitrogens is 2. The number of carbonyl (C=O) groups is 2. The van der Waals surface area contributed by atoms with E-state index in [-0.39, 0.29) is 24.3 Å². The summed E-state index contributed by atoms with van der Waals surface area (Å²) in [5, 5.41) is 3.18. The molecule has 1 aromatic rings. The minimum atomic E-state index is -0.0234. The van der Waals surface area contributed by atoms with Gasteiger partial charge in [-0.05, 0) is 19.3 Å². The van der Waals surface area contributed by atoms with Crippen molar-refractivity contribution in [2.45, 2.75) is 38.6 Å². The Labute approximate surface area is 153 Å². The lowest BCUT2D eigenvalue weighted by Gasteiger charge is -2.33. The zero-order valence-corrected chi connectivity index (χ0v) is 15.7. The summed E-state index contributed by atoms with van der Waals surface area (Å²) in [7, 11) is 3.39. The van der Waals surface area contributed by atoms with Gasteiger partial charge >= 0.3 is 0 Å². The number of hydrogen-bond acceptors (Lipinski definition) is 6. The van der Waals surface area contributed by atoms with Crippen LogP contribution in [-0.2, 0) is 27.3 Å². The number of carbonyl (C=O) groups excluding carboxylic acids is 2. The lowest BCUT2D eigenvalue weighted by atomic mass is 9.96. The lowest BCUT2D eigenvalue weighted by Crippen LogP contribution is -2.40. The Morgan fingerprint density at radius 3 is 2.77 bits per heavy atom. The molecule has 3 rings (SSSR count). The van der Waals surface area contributed by atoms with Crippen LogP contribution in [0.2, 0.25) is 0 Å². The van der Waals surface area contributed by atoms with Crippen molar-refractivity contribution in [3.8, 4) is 0 Å². The maximum atomic E-state index is 12.2. The molecule has 3 heterocycles. The van der Waals surface area contributed by atoms with Crippen molar-refractivity contribution < 1.29 is 14.3 Å². The lowest BCUT2D eigenvalue weighted by molar-refractivity contribution is -0.136. The molecule has 0 aliphatic carbocycles. The number of likely N-dealkylation sites (tertiary alicyclic amines) is 1. The number of hydrogen-bond donors (Lipinski definition) is 1. The Bertz CT molecular complexity index is 694. The van der Waals surface area contributed by atoms with Crippen molar-refractivity contribution in [1.82, 2.24) is 19.8 Å². The van der Waals surface area contributed by atoms with Gasteiger partial charge in [0.05, 0.1) is 12.2 Å². The Balaban J connectivity index is 1.86. The number of rotatable bonds is 4. The summed E-state index contributed by atoms with van der Waals surface area (Å²) >= 11 is 0. The molecule has 1 N–H and O–H groups in total. The third kappa shape index (κ3) is 3.80. The topological polar surface area (TPSA) is 87.7 Å². The molecule has 8 nitrogen and oxygen atoms in total. The van der Waals surface area contributed by atoms with E-state index >= 15 is 0 Å². The van der Waals surface area contributed by atoms with Crippen LogP contribution < -0.4 is 5.32 Å². The number of anilines is 1. The molecule has 1 atom stereocenters. The van der Waals surface area contributed by atoms with E-state index in [2.05, 4.69) is 5.32 Å². The van der Waals surface area contributed by atoms with E-state index in [0.717, 1.165) is 48.7 Å². The van der Waals surface area contributed by atoms with Gasteiger partial charge < -0.3 is 19.9 Å². The van der Waals surface area contributed by atoms with Gasteiger partial charge in [-0.1, -0.05) is 0 Å². The summed E-state index contributed by atoms with van der Waals surface area (Å²) in [6.45, 7) is 4.27. The standard InChI is InChI=1S/C18H27N5O3/c1-12(24)22-7-4-5-13(9-22)17-20-15-10-23(16(25)11-26-3)8-6-14(15)18(19-2)21-17/h13H,4-11H2,1-3H3,(H,19,20,21)/t13-/m0/s1. The van der Waals surface area contributed by atoms with E-state index in [1.54, 1.807) is 11.8 Å². The SMILES string of the molecule is CNc1nc([C@H]2CCCN(C(C)=O)C2)nc2c1CCN(C(=O)COC)C2. The first-order valence-corrected chi connectivity index (χ1v) is 9.13. The molecule has 2 aliphatic rings. The predicted molar refractivity (Wildman–Crippen MR) is 96.8 cm³/mol. The molecule has 1 fully saturated rings. The maximum Gasteiger partial charge on any atom is 0.248 e. The first-order valence-electron chi connectivity index (χ1n) is 9.13. The fourth-order valence-corrected chi connectivity index (χ4v) is 3.74. The molecule has 142 valence electrons. The molecule has 2 amide bonds. The first kappa shape index (κ1) is 18.6. The van der Waals surface area contributed by atoms with E-state index < -0.39 is 0 Å². The van der Waals surface area contributed by atoms with Gasteiger partial charge in [-0.2, -0.15) is 0 Å². The van der Waals surface area contributed by atoms with Gasteiger partial charge in [0.15, 0.2) is 0 Å². The quantitative estimate of drug-likeness (QED) is 0.853. The number of ether oxygens (including phenoxy) is 1. The molecule has 26 heavy (non-hydrogen) atoms. The Morgan fingerprint density at radius 1 is 1.27 bits per heavy atom. The van der Waals surface area contributed by atoms with Crippen LogP contribution in [0.1, 0.15) is 42.8 Å². The van der Waals surface area contributed by atoms with Crippen molar-refractivity contribution in [3.63, 3.8) is 0 Å². The van der Waals surface area contributed by atoms with E-state index in [1.165, 1.54) is 7.11 Å². The molecule has 0 saturated carbocycles. The highest BCUT2D eigenvalue weighted by atomic mass is 16.5. The summed E-state index contributed by atoms with van der Waals surface area (Å²) in [5.74, 6) is 1.81. The van der Waals surface area contributed by atoms with Crippen LogP contribution in [0.25, 0.3) is 0 Å². The molecule has 0 radical (unpaired) electrons. The fraction of sp³-hybridized carbons (Fsp3) is 0.667. The highest BCUT2D eigenvalue weighted by molar-refractivity contribution is 5.77. The van der Waals surface area contributed by atoms with Crippen LogP contribution in [-0.4, -0.2) is 72.0 Å². The van der Waals surface area contributed by atoms with E-state index in [1.807, 2.05) is 11.9 Å². The average Bonchev–Trinajstić information content (AvgIpc) is 2.66. The van der Waals surface area contributed by atoms with Gasteiger partial charge in [-0.15, -0.1) is 0 Å². The summed E-state index contributed by atoms with van der Waals surface area (Å²) < 4.78 is 4.97. The van der Waals surface area contributed by atoms with E-state index in [9.17, 15) is 9.59 Å². The molecule has 0 bridgehead atoms. The monoisotopic (exact) mass is 361 g/mol. The van der Waals surface area contributed by atoms with E-state index in [4.69, 9.17) is 14.7 Å². The Hall–Kier alpha value is -2.22. The van der Waals surface area contributed by atoms with Crippen LogP contribution in [0.4, 0.5) is 5.82 Å². The molecular formula is C18H27N5O3. The molecule has 8 heteroatoms. The zero-order chi connectivity index (χ0) is 18.7. The Morgan fingerprint density at radius 2 is 2.08 bits per heavy atom. The Kier molecular flexibility index (Phi) is 5.70. The van der Waals surface area contributed by atoms with Gasteiger partial charge in [0, 0.05) is 52.2 Å². The second-order valence-corrected chi connectivity index (χ2v) is 6.91. The second-order valence-electron chi connectivity index (χ2n) is 6.91. The molecular weight excluding hydrogens is 334 g/mol. The van der Waals surface area contributed by atoms with Crippen LogP contribution in [0.3, 0.4) is 0 Å². The molecule has 0 aromatic carbocycles. The smallest absolute Gasteiger partial charge is 0.248 e. The number of fused-ring (bicyclic) bond motifs is 1. The van der Waals surface area contributed by atoms with Gasteiger partial charge in [0.1, 0.15) is 18.2 Å². The van der Waals surface area contributed by atoms with Crippen molar-refractivity contribution >= 4 is 17.6 Å². The number of nitrogens with zero attached hydrogens (tertiary/aromatic N) is 4.